The first kappa shape index (κ1) is 14.4. The molecule has 0 spiro atoms. The van der Waals surface area contributed by atoms with Gasteiger partial charge < -0.3 is 10.4 Å². The van der Waals surface area contributed by atoms with E-state index in [-0.39, 0.29) is 11.4 Å². The van der Waals surface area contributed by atoms with Gasteiger partial charge in [-0.05, 0) is 30.9 Å². The van der Waals surface area contributed by atoms with Gasteiger partial charge >= 0.3 is 0 Å². The molecular formula is C16H16FN2O3+. The number of halogens is 1. The average molecular weight is 303 g/mol. The van der Waals surface area contributed by atoms with Crippen molar-refractivity contribution >= 4 is 11.6 Å². The number of aromatic hydroxyl groups is 1. The Kier molecular flexibility index (Phi) is 3.52. The van der Waals surface area contributed by atoms with Crippen LogP contribution in [0.1, 0.15) is 26.2 Å². The SMILES string of the molecule is CC1CCC2=C(C1)[N+](=O)C=C2C(=O)Nc1ccc(O)cc1F. The molecule has 0 bridgehead atoms. The third-order valence-electron chi connectivity index (χ3n) is 4.06. The van der Waals surface area contributed by atoms with Gasteiger partial charge in [-0.1, -0.05) is 6.92 Å². The monoisotopic (exact) mass is 303 g/mol. The van der Waals surface area contributed by atoms with Gasteiger partial charge in [0.05, 0.1) is 10.4 Å². The maximum atomic E-state index is 13.7. The number of phenols is 1. The number of rotatable bonds is 2. The summed E-state index contributed by atoms with van der Waals surface area (Å²) in [6.07, 6.45) is 3.51. The Hall–Kier alpha value is -2.50. The lowest BCUT2D eigenvalue weighted by molar-refractivity contribution is -0.425. The second-order valence-corrected chi connectivity index (χ2v) is 5.76. The zero-order valence-corrected chi connectivity index (χ0v) is 12.1. The molecule has 1 heterocycles. The number of carbonyl (C=O) groups is 1. The lowest BCUT2D eigenvalue weighted by Gasteiger charge is -2.16. The van der Waals surface area contributed by atoms with Gasteiger partial charge in [0.15, 0.2) is 0 Å². The normalized spacial score (nSPS) is 20.7. The second kappa shape index (κ2) is 5.36. The van der Waals surface area contributed by atoms with Gasteiger partial charge in [0.2, 0.25) is 11.9 Å². The number of phenolic OH excluding ortho intramolecular Hbond substituents is 1. The number of hydrogen-bond donors (Lipinski definition) is 2. The summed E-state index contributed by atoms with van der Waals surface area (Å²) >= 11 is 0. The summed E-state index contributed by atoms with van der Waals surface area (Å²) in [6.45, 7) is 2.07. The summed E-state index contributed by atoms with van der Waals surface area (Å²) in [5.41, 5.74) is 1.66. The molecule has 1 amide bonds. The molecule has 1 atom stereocenters. The van der Waals surface area contributed by atoms with E-state index in [0.29, 0.717) is 30.0 Å². The Bertz CT molecular complexity index is 737. The molecule has 1 aromatic rings. The number of hydrogen-bond acceptors (Lipinski definition) is 3. The van der Waals surface area contributed by atoms with Gasteiger partial charge in [0.25, 0.3) is 5.91 Å². The van der Waals surface area contributed by atoms with Crippen LogP contribution in [0, 0.1) is 16.6 Å². The smallest absolute Gasteiger partial charge is 0.262 e. The molecule has 5 nitrogen and oxygen atoms in total. The number of amides is 1. The maximum Gasteiger partial charge on any atom is 0.262 e. The van der Waals surface area contributed by atoms with E-state index in [1.165, 1.54) is 18.3 Å². The van der Waals surface area contributed by atoms with Crippen LogP contribution in [-0.4, -0.2) is 15.8 Å². The molecule has 22 heavy (non-hydrogen) atoms. The first-order valence-electron chi connectivity index (χ1n) is 7.16. The molecule has 1 aliphatic carbocycles. The molecule has 0 aromatic heterocycles. The van der Waals surface area contributed by atoms with Crippen LogP contribution in [0.3, 0.4) is 0 Å². The minimum atomic E-state index is -0.725. The molecule has 114 valence electrons. The Balaban J connectivity index is 1.84. The van der Waals surface area contributed by atoms with Crippen LogP contribution < -0.4 is 5.32 Å². The Labute approximate surface area is 126 Å². The average Bonchev–Trinajstić information content (AvgIpc) is 2.79. The van der Waals surface area contributed by atoms with Crippen LogP contribution in [0.25, 0.3) is 0 Å². The summed E-state index contributed by atoms with van der Waals surface area (Å²) in [4.78, 5) is 24.3. The minimum absolute atomic E-state index is 0.0284. The van der Waals surface area contributed by atoms with Crippen molar-refractivity contribution < 1.29 is 19.1 Å². The molecule has 0 saturated carbocycles. The number of nitrogens with zero attached hydrogens (tertiary/aromatic N) is 1. The summed E-state index contributed by atoms with van der Waals surface area (Å²) < 4.78 is 14.4. The summed E-state index contributed by atoms with van der Waals surface area (Å²) in [5.74, 6) is -1.03. The van der Waals surface area contributed by atoms with E-state index in [1.807, 2.05) is 0 Å². The lowest BCUT2D eigenvalue weighted by Crippen LogP contribution is -2.17. The van der Waals surface area contributed by atoms with Crippen LogP contribution in [0.5, 0.6) is 5.75 Å². The van der Waals surface area contributed by atoms with Gasteiger partial charge in [-0.3, -0.25) is 4.79 Å². The Morgan fingerprint density at radius 1 is 1.45 bits per heavy atom. The van der Waals surface area contributed by atoms with E-state index in [2.05, 4.69) is 12.2 Å². The van der Waals surface area contributed by atoms with Crippen molar-refractivity contribution in [3.63, 3.8) is 0 Å². The van der Waals surface area contributed by atoms with E-state index >= 15 is 0 Å². The standard InChI is InChI=1S/C16H15FN2O3/c1-9-2-4-11-12(8-19(22)15(11)6-9)16(21)18-14-5-3-10(20)7-13(14)17/h3,5,7-9H,2,4,6H2,1H3,(H-,18,20,21,22)/p+1. The van der Waals surface area contributed by atoms with Gasteiger partial charge in [-0.25, -0.2) is 4.39 Å². The topological polar surface area (TPSA) is 69.4 Å². The largest absolute Gasteiger partial charge is 0.508 e. The van der Waals surface area contributed by atoms with Crippen molar-refractivity contribution in [1.82, 2.24) is 0 Å². The van der Waals surface area contributed by atoms with E-state index in [0.717, 1.165) is 22.8 Å². The van der Waals surface area contributed by atoms with Crippen molar-refractivity contribution in [2.75, 3.05) is 5.32 Å². The van der Waals surface area contributed by atoms with Crippen LogP contribution in [0.15, 0.2) is 41.2 Å². The first-order chi connectivity index (χ1) is 10.5. The fraction of sp³-hybridized carbons (Fsp3) is 0.312. The molecule has 0 fully saturated rings. The van der Waals surface area contributed by atoms with Gasteiger partial charge in [0, 0.05) is 23.0 Å². The lowest BCUT2D eigenvalue weighted by atomic mass is 9.86. The van der Waals surface area contributed by atoms with E-state index in [4.69, 9.17) is 0 Å². The number of nitrogens with one attached hydrogen (secondary N) is 1. The van der Waals surface area contributed by atoms with Crippen LogP contribution in [0.4, 0.5) is 10.1 Å². The fourth-order valence-electron chi connectivity index (χ4n) is 2.87. The zero-order valence-electron chi connectivity index (χ0n) is 12.1. The van der Waals surface area contributed by atoms with Crippen LogP contribution in [-0.2, 0) is 4.79 Å². The Morgan fingerprint density at radius 2 is 2.23 bits per heavy atom. The Morgan fingerprint density at radius 3 is 2.95 bits per heavy atom. The van der Waals surface area contributed by atoms with Crippen molar-refractivity contribution in [2.24, 2.45) is 5.92 Å². The highest BCUT2D eigenvalue weighted by Gasteiger charge is 2.39. The summed E-state index contributed by atoms with van der Waals surface area (Å²) in [6, 6.07) is 3.49. The third-order valence-corrected chi connectivity index (χ3v) is 4.06. The van der Waals surface area contributed by atoms with Gasteiger partial charge in [0.1, 0.15) is 17.1 Å². The molecule has 0 radical (unpaired) electrons. The molecule has 1 unspecified atom stereocenters. The molecule has 2 N–H and O–H groups in total. The molecule has 2 aliphatic rings. The van der Waals surface area contributed by atoms with E-state index in [9.17, 15) is 19.2 Å². The van der Waals surface area contributed by atoms with Gasteiger partial charge in [-0.15, -0.1) is 0 Å². The minimum Gasteiger partial charge on any atom is -0.508 e. The molecule has 0 saturated heterocycles. The highest BCUT2D eigenvalue weighted by atomic mass is 19.1. The number of nitroso groups, excluding NO2 is 1. The number of allylic oxidation sites excluding steroid dienone is 1. The fourth-order valence-corrected chi connectivity index (χ4v) is 2.87. The first-order valence-corrected chi connectivity index (χ1v) is 7.16. The highest BCUT2D eigenvalue weighted by Crippen LogP contribution is 2.38. The maximum absolute atomic E-state index is 13.7. The van der Waals surface area contributed by atoms with Crippen molar-refractivity contribution in [2.45, 2.75) is 26.2 Å². The third kappa shape index (κ3) is 2.52. The highest BCUT2D eigenvalue weighted by molar-refractivity contribution is 6.07. The predicted octanol–water partition coefficient (Wildman–Crippen LogP) is 3.22. The van der Waals surface area contributed by atoms with Crippen LogP contribution >= 0.6 is 0 Å². The van der Waals surface area contributed by atoms with Crippen LogP contribution in [0.2, 0.25) is 0 Å². The van der Waals surface area contributed by atoms with Crippen molar-refractivity contribution in [3.05, 3.63) is 52.0 Å². The summed E-state index contributed by atoms with van der Waals surface area (Å²) in [5, 5.41) is 11.6. The zero-order chi connectivity index (χ0) is 15.9. The molecule has 3 rings (SSSR count). The number of anilines is 1. The van der Waals surface area contributed by atoms with E-state index in [1.54, 1.807) is 0 Å². The number of carbonyl (C=O) groups excluding carboxylic acids is 1. The molecule has 1 aromatic carbocycles. The molecular weight excluding hydrogens is 287 g/mol. The van der Waals surface area contributed by atoms with Crippen molar-refractivity contribution in [3.8, 4) is 5.75 Å². The predicted molar refractivity (Wildman–Crippen MR) is 78.4 cm³/mol. The summed E-state index contributed by atoms with van der Waals surface area (Å²) in [7, 11) is 0. The van der Waals surface area contributed by atoms with Gasteiger partial charge in [-0.2, -0.15) is 0 Å². The van der Waals surface area contributed by atoms with Crippen molar-refractivity contribution in [1.29, 1.82) is 0 Å². The second-order valence-electron chi connectivity index (χ2n) is 5.76. The quantitative estimate of drug-likeness (QED) is 0.651. The molecule has 1 aliphatic heterocycles. The van der Waals surface area contributed by atoms with E-state index < -0.39 is 11.7 Å². The molecule has 6 heteroatoms. The number of benzene rings is 1.